The molecule has 0 aliphatic rings. The summed E-state index contributed by atoms with van der Waals surface area (Å²) in [5.41, 5.74) is 8.97. The minimum absolute atomic E-state index is 0.769. The molecule has 0 heterocycles. The molecule has 0 bridgehead atoms. The second-order valence-corrected chi connectivity index (χ2v) is 2.89. The third kappa shape index (κ3) is 1.52. The Morgan fingerprint density at radius 3 is 2.58 bits per heavy atom. The van der Waals surface area contributed by atoms with Crippen molar-refractivity contribution in [1.82, 2.24) is 0 Å². The maximum absolute atomic E-state index is 5.85. The van der Waals surface area contributed by atoms with Gasteiger partial charge in [-0.05, 0) is 30.5 Å². The Labute approximate surface area is 73.3 Å². The standard InChI is InChI=1S/C10H15NO/c1-4-8-5-7(2)6-9(12-3)10(8)11/h5-6H,4,11H2,1-3H3. The lowest BCUT2D eigenvalue weighted by Crippen LogP contribution is -1.98. The van der Waals surface area contributed by atoms with Crippen LogP contribution in [-0.2, 0) is 6.42 Å². The van der Waals surface area contributed by atoms with Gasteiger partial charge in [0.05, 0.1) is 12.8 Å². The molecule has 0 spiro atoms. The van der Waals surface area contributed by atoms with Gasteiger partial charge in [0.1, 0.15) is 5.75 Å². The number of nitrogen functional groups attached to an aromatic ring is 1. The second kappa shape index (κ2) is 3.48. The lowest BCUT2D eigenvalue weighted by atomic mass is 10.1. The van der Waals surface area contributed by atoms with E-state index < -0.39 is 0 Å². The maximum atomic E-state index is 5.85. The van der Waals surface area contributed by atoms with Crippen LogP contribution < -0.4 is 10.5 Å². The predicted molar refractivity (Wildman–Crippen MR) is 51.5 cm³/mol. The van der Waals surface area contributed by atoms with E-state index in [0.29, 0.717) is 0 Å². The van der Waals surface area contributed by atoms with Crippen LogP contribution in [0.2, 0.25) is 0 Å². The number of rotatable bonds is 2. The molecular weight excluding hydrogens is 150 g/mol. The number of anilines is 1. The van der Waals surface area contributed by atoms with E-state index in [0.717, 1.165) is 23.4 Å². The zero-order valence-corrected chi connectivity index (χ0v) is 7.85. The normalized spacial score (nSPS) is 9.92. The highest BCUT2D eigenvalue weighted by molar-refractivity contribution is 5.60. The molecule has 0 saturated carbocycles. The molecule has 1 rings (SSSR count). The lowest BCUT2D eigenvalue weighted by molar-refractivity contribution is 0.416. The van der Waals surface area contributed by atoms with Gasteiger partial charge in [-0.2, -0.15) is 0 Å². The summed E-state index contributed by atoms with van der Waals surface area (Å²) in [5.74, 6) is 0.784. The fraction of sp³-hybridized carbons (Fsp3) is 0.400. The van der Waals surface area contributed by atoms with Crippen molar-refractivity contribution in [2.24, 2.45) is 0 Å². The third-order valence-electron chi connectivity index (χ3n) is 1.97. The van der Waals surface area contributed by atoms with Crippen molar-refractivity contribution < 1.29 is 4.74 Å². The SMILES string of the molecule is CCc1cc(C)cc(OC)c1N. The Bertz CT molecular complexity index is 256. The van der Waals surface area contributed by atoms with Crippen LogP contribution in [0.15, 0.2) is 12.1 Å². The highest BCUT2D eigenvalue weighted by Gasteiger charge is 2.04. The summed E-state index contributed by atoms with van der Waals surface area (Å²) < 4.78 is 5.14. The van der Waals surface area contributed by atoms with Gasteiger partial charge in [-0.25, -0.2) is 0 Å². The van der Waals surface area contributed by atoms with Crippen molar-refractivity contribution in [2.45, 2.75) is 20.3 Å². The van der Waals surface area contributed by atoms with E-state index in [1.165, 1.54) is 5.56 Å². The largest absolute Gasteiger partial charge is 0.495 e. The summed E-state index contributed by atoms with van der Waals surface area (Å²) in [6, 6.07) is 4.05. The molecule has 0 aromatic heterocycles. The molecule has 0 amide bonds. The Morgan fingerprint density at radius 2 is 2.08 bits per heavy atom. The van der Waals surface area contributed by atoms with E-state index in [4.69, 9.17) is 10.5 Å². The number of methoxy groups -OCH3 is 1. The minimum atomic E-state index is 0.769. The summed E-state index contributed by atoms with van der Waals surface area (Å²) in [7, 11) is 1.64. The third-order valence-corrected chi connectivity index (χ3v) is 1.97. The van der Waals surface area contributed by atoms with Crippen molar-refractivity contribution >= 4 is 5.69 Å². The number of nitrogens with two attached hydrogens (primary N) is 1. The molecule has 0 atom stereocenters. The summed E-state index contributed by atoms with van der Waals surface area (Å²) >= 11 is 0. The molecule has 2 N–H and O–H groups in total. The van der Waals surface area contributed by atoms with Crippen LogP contribution in [0, 0.1) is 6.92 Å². The summed E-state index contributed by atoms with van der Waals surface area (Å²) in [6.45, 7) is 4.13. The van der Waals surface area contributed by atoms with Gasteiger partial charge >= 0.3 is 0 Å². The van der Waals surface area contributed by atoms with Crippen LogP contribution >= 0.6 is 0 Å². The Hall–Kier alpha value is -1.18. The second-order valence-electron chi connectivity index (χ2n) is 2.89. The van der Waals surface area contributed by atoms with E-state index in [1.807, 2.05) is 13.0 Å². The topological polar surface area (TPSA) is 35.2 Å². The Morgan fingerprint density at radius 1 is 1.42 bits per heavy atom. The molecule has 0 aliphatic heterocycles. The van der Waals surface area contributed by atoms with Crippen molar-refractivity contribution in [1.29, 1.82) is 0 Å². The molecule has 1 aromatic rings. The van der Waals surface area contributed by atoms with Gasteiger partial charge in [-0.1, -0.05) is 13.0 Å². The van der Waals surface area contributed by atoms with Crippen LogP contribution in [0.5, 0.6) is 5.75 Å². The first kappa shape index (κ1) is 8.91. The Kier molecular flexibility index (Phi) is 2.58. The van der Waals surface area contributed by atoms with Crippen LogP contribution in [0.1, 0.15) is 18.1 Å². The molecule has 0 saturated heterocycles. The summed E-state index contributed by atoms with van der Waals surface area (Å²) in [6.07, 6.45) is 0.948. The highest BCUT2D eigenvalue weighted by Crippen LogP contribution is 2.27. The van der Waals surface area contributed by atoms with Crippen molar-refractivity contribution in [3.8, 4) is 5.75 Å². The van der Waals surface area contributed by atoms with Crippen LogP contribution in [0.3, 0.4) is 0 Å². The molecule has 66 valence electrons. The molecule has 0 aliphatic carbocycles. The van der Waals surface area contributed by atoms with Crippen molar-refractivity contribution in [3.63, 3.8) is 0 Å². The average molecular weight is 165 g/mol. The summed E-state index contributed by atoms with van der Waals surface area (Å²) in [5, 5.41) is 0. The van der Waals surface area contributed by atoms with Crippen molar-refractivity contribution in [2.75, 3.05) is 12.8 Å². The van der Waals surface area contributed by atoms with E-state index in [9.17, 15) is 0 Å². The van der Waals surface area contributed by atoms with Gasteiger partial charge in [-0.3, -0.25) is 0 Å². The van der Waals surface area contributed by atoms with Gasteiger partial charge in [0.2, 0.25) is 0 Å². The van der Waals surface area contributed by atoms with Crippen LogP contribution in [-0.4, -0.2) is 7.11 Å². The van der Waals surface area contributed by atoms with E-state index in [2.05, 4.69) is 13.0 Å². The average Bonchev–Trinajstić information content (AvgIpc) is 2.08. The summed E-state index contributed by atoms with van der Waals surface area (Å²) in [4.78, 5) is 0. The van der Waals surface area contributed by atoms with Crippen molar-refractivity contribution in [3.05, 3.63) is 23.3 Å². The number of ether oxygens (including phenoxy) is 1. The zero-order valence-electron chi connectivity index (χ0n) is 7.85. The molecular formula is C10H15NO. The number of hydrogen-bond acceptors (Lipinski definition) is 2. The van der Waals surface area contributed by atoms with E-state index in [-0.39, 0.29) is 0 Å². The monoisotopic (exact) mass is 165 g/mol. The zero-order chi connectivity index (χ0) is 9.14. The minimum Gasteiger partial charge on any atom is -0.495 e. The first-order valence-corrected chi connectivity index (χ1v) is 4.12. The van der Waals surface area contributed by atoms with Gasteiger partial charge in [0.15, 0.2) is 0 Å². The first-order valence-electron chi connectivity index (χ1n) is 4.12. The fourth-order valence-corrected chi connectivity index (χ4v) is 1.30. The smallest absolute Gasteiger partial charge is 0.142 e. The van der Waals surface area contributed by atoms with Gasteiger partial charge in [-0.15, -0.1) is 0 Å². The maximum Gasteiger partial charge on any atom is 0.142 e. The van der Waals surface area contributed by atoms with Crippen LogP contribution in [0.25, 0.3) is 0 Å². The Balaban J connectivity index is 3.22. The van der Waals surface area contributed by atoms with Gasteiger partial charge in [0, 0.05) is 0 Å². The molecule has 0 unspecified atom stereocenters. The molecule has 2 heteroatoms. The van der Waals surface area contributed by atoms with E-state index >= 15 is 0 Å². The molecule has 12 heavy (non-hydrogen) atoms. The van der Waals surface area contributed by atoms with E-state index in [1.54, 1.807) is 7.11 Å². The molecule has 0 fully saturated rings. The quantitative estimate of drug-likeness (QED) is 0.681. The predicted octanol–water partition coefficient (Wildman–Crippen LogP) is 2.15. The molecule has 0 radical (unpaired) electrons. The fourth-order valence-electron chi connectivity index (χ4n) is 1.30. The lowest BCUT2D eigenvalue weighted by Gasteiger charge is -2.09. The first-order chi connectivity index (χ1) is 5.69. The highest BCUT2D eigenvalue weighted by atomic mass is 16.5. The number of benzene rings is 1. The van der Waals surface area contributed by atoms with Gasteiger partial charge < -0.3 is 10.5 Å². The molecule has 2 nitrogen and oxygen atoms in total. The van der Waals surface area contributed by atoms with Gasteiger partial charge in [0.25, 0.3) is 0 Å². The van der Waals surface area contributed by atoms with Crippen LogP contribution in [0.4, 0.5) is 5.69 Å². The number of aryl methyl sites for hydroxylation is 2. The molecule has 1 aromatic carbocycles. The number of hydrogen-bond donors (Lipinski definition) is 1.